The number of unbranched alkanes of at least 4 members (excludes halogenated alkanes) is 13. The van der Waals surface area contributed by atoms with Gasteiger partial charge in [-0.3, -0.25) is 9.11 Å². The molecule has 0 spiro atoms. The Morgan fingerprint density at radius 3 is 1.04 bits per heavy atom. The average molecular weight is 365 g/mol. The summed E-state index contributed by atoms with van der Waals surface area (Å²) in [5.41, 5.74) is 0. The predicted molar refractivity (Wildman–Crippen MR) is 98.7 cm³/mol. The average Bonchev–Trinajstić information content (AvgIpc) is 2.42. The molecule has 0 rings (SSSR count). The minimum absolute atomic E-state index is 0. The van der Waals surface area contributed by atoms with Crippen LogP contribution in [0.2, 0.25) is 0 Å². The summed E-state index contributed by atoms with van der Waals surface area (Å²) in [4.78, 5) is 0. The van der Waals surface area contributed by atoms with Gasteiger partial charge in [0.25, 0.3) is 0 Å². The number of rotatable bonds is 14. The van der Waals surface area contributed by atoms with Crippen molar-refractivity contribution in [3.8, 4) is 0 Å². The second kappa shape index (κ2) is 22.8. The van der Waals surface area contributed by atoms with Crippen LogP contribution < -0.4 is 0 Å². The third-order valence-electron chi connectivity index (χ3n) is 3.51. The molecule has 7 heteroatoms. The van der Waals surface area contributed by atoms with E-state index >= 15 is 0 Å². The van der Waals surface area contributed by atoms with Gasteiger partial charge in [-0.1, -0.05) is 90.4 Å². The molecule has 23 heavy (non-hydrogen) atoms. The van der Waals surface area contributed by atoms with Crippen LogP contribution in [0.25, 0.3) is 0 Å². The molecule has 0 aliphatic rings. The fourth-order valence-corrected chi connectivity index (χ4v) is 2.31. The predicted octanol–water partition coefficient (Wildman–Crippen LogP) is 4.16. The second-order valence-corrected chi connectivity index (χ2v) is 6.66. The van der Waals surface area contributed by atoms with Gasteiger partial charge in [0, 0.05) is 6.61 Å². The first kappa shape index (κ1) is 28.6. The van der Waals surface area contributed by atoms with Crippen molar-refractivity contribution in [2.24, 2.45) is 0 Å². The normalized spacial score (nSPS) is 10.6. The van der Waals surface area contributed by atoms with Gasteiger partial charge in [-0.2, -0.15) is 8.42 Å². The molecular formula is C16H37NaO5S. The molecule has 0 aliphatic carbocycles. The van der Waals surface area contributed by atoms with E-state index in [0.29, 0.717) is 6.61 Å². The van der Waals surface area contributed by atoms with Gasteiger partial charge < -0.3 is 5.11 Å². The molecule has 0 aromatic carbocycles. The molecular weight excluding hydrogens is 327 g/mol. The van der Waals surface area contributed by atoms with E-state index in [4.69, 9.17) is 22.6 Å². The molecule has 0 bridgehead atoms. The Morgan fingerprint density at radius 1 is 0.609 bits per heavy atom. The van der Waals surface area contributed by atoms with Crippen molar-refractivity contribution < 1.29 is 22.6 Å². The van der Waals surface area contributed by atoms with Crippen molar-refractivity contribution in [2.75, 3.05) is 6.61 Å². The van der Waals surface area contributed by atoms with E-state index in [0.717, 1.165) is 6.42 Å². The van der Waals surface area contributed by atoms with E-state index in [1.165, 1.54) is 83.5 Å². The van der Waals surface area contributed by atoms with Crippen molar-refractivity contribution in [3.05, 3.63) is 0 Å². The Bertz CT molecular complexity index is 275. The van der Waals surface area contributed by atoms with Gasteiger partial charge in [0.2, 0.25) is 0 Å². The minimum atomic E-state index is -4.67. The van der Waals surface area contributed by atoms with Crippen LogP contribution >= 0.6 is 0 Å². The maximum atomic E-state index is 8.74. The maximum absolute atomic E-state index is 8.74. The molecule has 0 atom stereocenters. The summed E-state index contributed by atoms with van der Waals surface area (Å²) < 4.78 is 31.6. The Balaban J connectivity index is -0.000000578. The second-order valence-electron chi connectivity index (χ2n) is 5.77. The van der Waals surface area contributed by atoms with Crippen LogP contribution in [-0.4, -0.2) is 58.8 Å². The number of hydrogen-bond donors (Lipinski definition) is 3. The topological polar surface area (TPSA) is 94.8 Å². The third kappa shape index (κ3) is 45.0. The van der Waals surface area contributed by atoms with Crippen molar-refractivity contribution in [2.45, 2.75) is 96.8 Å². The summed E-state index contributed by atoms with van der Waals surface area (Å²) in [6, 6.07) is 0. The van der Waals surface area contributed by atoms with E-state index in [2.05, 4.69) is 6.92 Å². The Labute approximate surface area is 165 Å². The summed E-state index contributed by atoms with van der Waals surface area (Å²) >= 11 is 0. The van der Waals surface area contributed by atoms with Crippen LogP contribution in [0.4, 0.5) is 0 Å². The summed E-state index contributed by atoms with van der Waals surface area (Å²) in [5, 5.41) is 8.64. The molecule has 0 unspecified atom stereocenters. The van der Waals surface area contributed by atoms with Crippen molar-refractivity contribution in [3.63, 3.8) is 0 Å². The van der Waals surface area contributed by atoms with Gasteiger partial charge in [-0.15, -0.1) is 0 Å². The summed E-state index contributed by atoms with van der Waals surface area (Å²) in [6.07, 6.45) is 19.2. The fraction of sp³-hybridized carbons (Fsp3) is 1.00. The first-order chi connectivity index (χ1) is 10.4. The summed E-state index contributed by atoms with van der Waals surface area (Å²) in [5.74, 6) is 0. The van der Waals surface area contributed by atoms with Crippen LogP contribution in [-0.2, 0) is 10.4 Å². The molecule has 0 amide bonds. The zero-order chi connectivity index (χ0) is 17.1. The monoisotopic (exact) mass is 364 g/mol. The van der Waals surface area contributed by atoms with Crippen LogP contribution in [0.1, 0.15) is 96.8 Å². The van der Waals surface area contributed by atoms with Gasteiger partial charge in [0.05, 0.1) is 0 Å². The number of aliphatic hydroxyl groups is 1. The summed E-state index contributed by atoms with van der Waals surface area (Å²) in [6.45, 7) is 2.65. The zero-order valence-electron chi connectivity index (χ0n) is 14.2. The molecule has 0 radical (unpaired) electrons. The third-order valence-corrected chi connectivity index (χ3v) is 3.51. The van der Waals surface area contributed by atoms with Crippen molar-refractivity contribution in [1.29, 1.82) is 0 Å². The number of aliphatic hydroxyl groups excluding tert-OH is 1. The first-order valence-corrected chi connectivity index (χ1v) is 10.1. The molecule has 138 valence electrons. The van der Waals surface area contributed by atoms with Crippen LogP contribution in [0.15, 0.2) is 0 Å². The van der Waals surface area contributed by atoms with Crippen molar-refractivity contribution in [1.82, 2.24) is 0 Å². The van der Waals surface area contributed by atoms with Crippen LogP contribution in [0, 0.1) is 0 Å². The Morgan fingerprint density at radius 2 is 0.826 bits per heavy atom. The van der Waals surface area contributed by atoms with E-state index in [1.54, 1.807) is 0 Å². The Kier molecular flexibility index (Phi) is 28.4. The van der Waals surface area contributed by atoms with E-state index in [-0.39, 0.29) is 29.6 Å². The fourth-order valence-electron chi connectivity index (χ4n) is 2.31. The van der Waals surface area contributed by atoms with E-state index < -0.39 is 10.4 Å². The van der Waals surface area contributed by atoms with E-state index in [1.807, 2.05) is 0 Å². The molecule has 3 N–H and O–H groups in total. The van der Waals surface area contributed by atoms with Gasteiger partial charge in [-0.25, -0.2) is 0 Å². The molecule has 0 aliphatic heterocycles. The van der Waals surface area contributed by atoms with Gasteiger partial charge in [0.1, 0.15) is 0 Å². The molecule has 0 aromatic rings. The molecule has 0 fully saturated rings. The molecule has 0 aromatic heterocycles. The van der Waals surface area contributed by atoms with Crippen LogP contribution in [0.5, 0.6) is 0 Å². The van der Waals surface area contributed by atoms with Crippen LogP contribution in [0.3, 0.4) is 0 Å². The molecule has 5 nitrogen and oxygen atoms in total. The van der Waals surface area contributed by atoms with Gasteiger partial charge in [-0.05, 0) is 6.42 Å². The zero-order valence-corrected chi connectivity index (χ0v) is 15.0. The quantitative estimate of drug-likeness (QED) is 0.244. The SMILES string of the molecule is CCCCCCCCCCCCCCCCO.O=S(=O)(O)O.[NaH]. The number of hydrogen-bond acceptors (Lipinski definition) is 3. The molecule has 0 saturated heterocycles. The van der Waals surface area contributed by atoms with Gasteiger partial charge in [0.15, 0.2) is 0 Å². The standard InChI is InChI=1S/C16H34O.Na.H2O4S.H/c1-2-3-4-5-6-7-8-9-10-11-12-13-14-15-16-17;;1-5(2,3)4;/h17H,2-16H2,1H3;;(H2,1,2,3,4);. The summed E-state index contributed by atoms with van der Waals surface area (Å²) in [7, 11) is -4.67. The van der Waals surface area contributed by atoms with Crippen molar-refractivity contribution >= 4 is 40.0 Å². The van der Waals surface area contributed by atoms with Gasteiger partial charge >= 0.3 is 40.0 Å². The first-order valence-electron chi connectivity index (χ1n) is 8.72. The molecule has 0 heterocycles. The van der Waals surface area contributed by atoms with E-state index in [9.17, 15) is 0 Å². The molecule has 0 saturated carbocycles. The Hall–Kier alpha value is 0.830.